The second-order valence-corrected chi connectivity index (χ2v) is 4.91. The summed E-state index contributed by atoms with van der Waals surface area (Å²) in [4.78, 5) is 11.5. The van der Waals surface area contributed by atoms with Crippen LogP contribution in [0.3, 0.4) is 0 Å². The lowest BCUT2D eigenvalue weighted by molar-refractivity contribution is -0.120. The molecular weight excluding hydrogens is 224 g/mol. The molecule has 2 N–H and O–H groups in total. The fourth-order valence-electron chi connectivity index (χ4n) is 2.25. The standard InChI is InChI=1S/C15H24N2O/c1-9-10(2)12(4)14(13(5)11(9)3)7-17-15(18)8-16-6/h16H,7-8H2,1-6H3,(H,17,18). The molecule has 1 amide bonds. The first-order valence-corrected chi connectivity index (χ1v) is 6.37. The molecule has 0 saturated heterocycles. The zero-order chi connectivity index (χ0) is 13.9. The van der Waals surface area contributed by atoms with E-state index in [2.05, 4.69) is 45.3 Å². The number of benzene rings is 1. The minimum absolute atomic E-state index is 0.0344. The molecule has 0 aliphatic carbocycles. The summed E-state index contributed by atoms with van der Waals surface area (Å²) in [7, 11) is 1.77. The van der Waals surface area contributed by atoms with E-state index in [1.165, 1.54) is 33.4 Å². The van der Waals surface area contributed by atoms with Gasteiger partial charge < -0.3 is 10.6 Å². The van der Waals surface area contributed by atoms with Gasteiger partial charge >= 0.3 is 0 Å². The average Bonchev–Trinajstić information content (AvgIpc) is 2.34. The Hall–Kier alpha value is -1.35. The predicted molar refractivity (Wildman–Crippen MR) is 75.9 cm³/mol. The highest BCUT2D eigenvalue weighted by Crippen LogP contribution is 2.25. The first kappa shape index (κ1) is 14.7. The highest BCUT2D eigenvalue weighted by Gasteiger charge is 2.12. The smallest absolute Gasteiger partial charge is 0.234 e. The summed E-state index contributed by atoms with van der Waals surface area (Å²) < 4.78 is 0. The Morgan fingerprint density at radius 3 is 1.78 bits per heavy atom. The van der Waals surface area contributed by atoms with E-state index in [0.29, 0.717) is 13.1 Å². The fourth-order valence-corrected chi connectivity index (χ4v) is 2.25. The predicted octanol–water partition coefficient (Wildman–Crippen LogP) is 2.06. The maximum absolute atomic E-state index is 11.5. The van der Waals surface area contributed by atoms with E-state index in [9.17, 15) is 4.79 Å². The molecule has 0 fully saturated rings. The number of carbonyl (C=O) groups is 1. The largest absolute Gasteiger partial charge is 0.351 e. The molecule has 1 rings (SSSR count). The summed E-state index contributed by atoms with van der Waals surface area (Å²) in [5.74, 6) is 0.0344. The number of amides is 1. The molecule has 0 spiro atoms. The second kappa shape index (κ2) is 6.01. The molecule has 18 heavy (non-hydrogen) atoms. The number of hydrogen-bond acceptors (Lipinski definition) is 2. The second-order valence-electron chi connectivity index (χ2n) is 4.91. The van der Waals surface area contributed by atoms with Gasteiger partial charge in [-0.25, -0.2) is 0 Å². The Bertz CT molecular complexity index is 435. The summed E-state index contributed by atoms with van der Waals surface area (Å²) in [5, 5.41) is 5.81. The Labute approximate surface area is 110 Å². The van der Waals surface area contributed by atoms with Gasteiger partial charge in [0.1, 0.15) is 0 Å². The molecule has 0 radical (unpaired) electrons. The third kappa shape index (κ3) is 2.91. The average molecular weight is 248 g/mol. The van der Waals surface area contributed by atoms with Crippen LogP contribution in [0.25, 0.3) is 0 Å². The van der Waals surface area contributed by atoms with Crippen molar-refractivity contribution < 1.29 is 4.79 Å². The molecule has 0 bridgehead atoms. The number of carbonyl (C=O) groups excluding carboxylic acids is 1. The van der Waals surface area contributed by atoms with Crippen molar-refractivity contribution in [3.8, 4) is 0 Å². The molecule has 0 atom stereocenters. The lowest BCUT2D eigenvalue weighted by atomic mass is 9.89. The molecule has 3 nitrogen and oxygen atoms in total. The summed E-state index contributed by atoms with van der Waals surface area (Å²) in [5.41, 5.74) is 7.85. The SMILES string of the molecule is CNCC(=O)NCc1c(C)c(C)c(C)c(C)c1C. The first-order valence-electron chi connectivity index (χ1n) is 6.37. The van der Waals surface area contributed by atoms with Crippen molar-refractivity contribution >= 4 is 5.91 Å². The Kier molecular flexibility index (Phi) is 4.91. The molecule has 0 heterocycles. The van der Waals surface area contributed by atoms with Gasteiger partial charge in [0, 0.05) is 6.54 Å². The summed E-state index contributed by atoms with van der Waals surface area (Å²) in [6.45, 7) is 11.7. The van der Waals surface area contributed by atoms with Crippen LogP contribution in [-0.2, 0) is 11.3 Å². The van der Waals surface area contributed by atoms with Crippen LogP contribution in [-0.4, -0.2) is 19.5 Å². The minimum atomic E-state index is 0.0344. The maximum atomic E-state index is 11.5. The molecule has 1 aromatic carbocycles. The summed E-state index contributed by atoms with van der Waals surface area (Å²) in [6, 6.07) is 0. The molecule has 0 unspecified atom stereocenters. The third-order valence-corrected chi connectivity index (χ3v) is 3.95. The molecule has 0 aliphatic heterocycles. The van der Waals surface area contributed by atoms with Crippen molar-refractivity contribution in [3.05, 3.63) is 33.4 Å². The van der Waals surface area contributed by atoms with Crippen molar-refractivity contribution in [2.75, 3.05) is 13.6 Å². The van der Waals surface area contributed by atoms with Gasteiger partial charge in [0.15, 0.2) is 0 Å². The third-order valence-electron chi connectivity index (χ3n) is 3.95. The van der Waals surface area contributed by atoms with Gasteiger partial charge in [-0.2, -0.15) is 0 Å². The molecule has 1 aromatic rings. The molecule has 0 aromatic heterocycles. The van der Waals surface area contributed by atoms with Crippen LogP contribution >= 0.6 is 0 Å². The highest BCUT2D eigenvalue weighted by molar-refractivity contribution is 5.78. The van der Waals surface area contributed by atoms with E-state index in [-0.39, 0.29) is 5.91 Å². The minimum Gasteiger partial charge on any atom is -0.351 e. The monoisotopic (exact) mass is 248 g/mol. The van der Waals surface area contributed by atoms with Gasteiger partial charge in [-0.3, -0.25) is 4.79 Å². The maximum Gasteiger partial charge on any atom is 0.234 e. The van der Waals surface area contributed by atoms with E-state index in [0.717, 1.165) is 0 Å². The van der Waals surface area contributed by atoms with Crippen molar-refractivity contribution in [2.45, 2.75) is 41.2 Å². The summed E-state index contributed by atoms with van der Waals surface area (Å²) >= 11 is 0. The van der Waals surface area contributed by atoms with Crippen molar-refractivity contribution in [1.82, 2.24) is 10.6 Å². The van der Waals surface area contributed by atoms with Crippen molar-refractivity contribution in [2.24, 2.45) is 0 Å². The van der Waals surface area contributed by atoms with E-state index in [4.69, 9.17) is 0 Å². The Morgan fingerprint density at radius 2 is 1.33 bits per heavy atom. The van der Waals surface area contributed by atoms with Gasteiger partial charge in [-0.05, 0) is 75.0 Å². The summed E-state index contributed by atoms with van der Waals surface area (Å²) in [6.07, 6.45) is 0. The van der Waals surface area contributed by atoms with Crippen LogP contribution < -0.4 is 10.6 Å². The normalized spacial score (nSPS) is 10.6. The quantitative estimate of drug-likeness (QED) is 0.856. The van der Waals surface area contributed by atoms with Crippen molar-refractivity contribution in [1.29, 1.82) is 0 Å². The van der Waals surface area contributed by atoms with Gasteiger partial charge in [0.05, 0.1) is 6.54 Å². The van der Waals surface area contributed by atoms with Gasteiger partial charge in [-0.1, -0.05) is 0 Å². The van der Waals surface area contributed by atoms with E-state index in [1.54, 1.807) is 7.05 Å². The number of hydrogen-bond donors (Lipinski definition) is 2. The molecular formula is C15H24N2O. The molecule has 3 heteroatoms. The zero-order valence-electron chi connectivity index (χ0n) is 12.3. The van der Waals surface area contributed by atoms with Crippen LogP contribution in [0.1, 0.15) is 33.4 Å². The topological polar surface area (TPSA) is 41.1 Å². The van der Waals surface area contributed by atoms with Crippen molar-refractivity contribution in [3.63, 3.8) is 0 Å². The van der Waals surface area contributed by atoms with Gasteiger partial charge in [0.25, 0.3) is 0 Å². The molecule has 0 saturated carbocycles. The molecule has 100 valence electrons. The first-order chi connectivity index (χ1) is 8.40. The van der Waals surface area contributed by atoms with E-state index in [1.807, 2.05) is 0 Å². The van der Waals surface area contributed by atoms with E-state index >= 15 is 0 Å². The molecule has 0 aliphatic rings. The van der Waals surface area contributed by atoms with Crippen LogP contribution in [0.15, 0.2) is 0 Å². The van der Waals surface area contributed by atoms with Crippen LogP contribution in [0, 0.1) is 34.6 Å². The fraction of sp³-hybridized carbons (Fsp3) is 0.533. The van der Waals surface area contributed by atoms with Crippen LogP contribution in [0.4, 0.5) is 0 Å². The lowest BCUT2D eigenvalue weighted by Gasteiger charge is -2.19. The zero-order valence-corrected chi connectivity index (χ0v) is 12.3. The lowest BCUT2D eigenvalue weighted by Crippen LogP contribution is -2.32. The van der Waals surface area contributed by atoms with Crippen LogP contribution in [0.5, 0.6) is 0 Å². The number of rotatable bonds is 4. The number of likely N-dealkylation sites (N-methyl/N-ethyl adjacent to an activating group) is 1. The number of nitrogens with one attached hydrogen (secondary N) is 2. The van der Waals surface area contributed by atoms with Gasteiger partial charge in [-0.15, -0.1) is 0 Å². The van der Waals surface area contributed by atoms with E-state index < -0.39 is 0 Å². The van der Waals surface area contributed by atoms with Gasteiger partial charge in [0.2, 0.25) is 5.91 Å². The Balaban J connectivity index is 2.99. The van der Waals surface area contributed by atoms with Crippen LogP contribution in [0.2, 0.25) is 0 Å². The Morgan fingerprint density at radius 1 is 0.889 bits per heavy atom. The highest BCUT2D eigenvalue weighted by atomic mass is 16.1.